The highest BCUT2D eigenvalue weighted by molar-refractivity contribution is 6.16. The molecule has 8 aromatic carbocycles. The SMILES string of the molecule is c1ccc(N2c3cccc(c3)-c3cccc(c3)N(c3cccc4c3c3ccccc3n4-c3ccccc3)c3cccc(c3)-c3cccc2c3)cc1. The molecular formula is C48H33N3. The third-order valence-corrected chi connectivity index (χ3v) is 10.0. The molecular weight excluding hydrogens is 619 g/mol. The van der Waals surface area contributed by atoms with Crippen LogP contribution in [0.1, 0.15) is 0 Å². The summed E-state index contributed by atoms with van der Waals surface area (Å²) < 4.78 is 2.39. The first kappa shape index (κ1) is 29.1. The van der Waals surface area contributed by atoms with Gasteiger partial charge in [-0.1, -0.05) is 109 Å². The summed E-state index contributed by atoms with van der Waals surface area (Å²) in [5.41, 5.74) is 14.8. The molecule has 3 nitrogen and oxygen atoms in total. The molecule has 240 valence electrons. The number of para-hydroxylation sites is 3. The average molecular weight is 652 g/mol. The summed E-state index contributed by atoms with van der Waals surface area (Å²) in [6, 6.07) is 72.5. The first-order chi connectivity index (χ1) is 25.3. The molecule has 1 aliphatic heterocycles. The van der Waals surface area contributed by atoms with E-state index in [0.29, 0.717) is 0 Å². The van der Waals surface area contributed by atoms with Gasteiger partial charge in [-0.15, -0.1) is 0 Å². The smallest absolute Gasteiger partial charge is 0.0562 e. The lowest BCUT2D eigenvalue weighted by atomic mass is 9.99. The quantitative estimate of drug-likeness (QED) is 0.188. The Bertz CT molecular complexity index is 2620. The summed E-state index contributed by atoms with van der Waals surface area (Å²) in [6.07, 6.45) is 0. The van der Waals surface area contributed by atoms with Gasteiger partial charge in [0.2, 0.25) is 0 Å². The molecule has 0 N–H and O–H groups in total. The Balaban J connectivity index is 1.27. The largest absolute Gasteiger partial charge is 0.310 e. The van der Waals surface area contributed by atoms with Crippen LogP contribution in [0.2, 0.25) is 0 Å². The van der Waals surface area contributed by atoms with E-state index in [1.165, 1.54) is 21.8 Å². The monoisotopic (exact) mass is 651 g/mol. The van der Waals surface area contributed by atoms with Gasteiger partial charge in [0.25, 0.3) is 0 Å². The summed E-state index contributed by atoms with van der Waals surface area (Å²) in [5, 5.41) is 2.44. The molecule has 0 saturated carbocycles. The minimum absolute atomic E-state index is 1.10. The van der Waals surface area contributed by atoms with Gasteiger partial charge in [0.15, 0.2) is 0 Å². The molecule has 0 fully saturated rings. The molecule has 0 amide bonds. The average Bonchev–Trinajstić information content (AvgIpc) is 3.54. The van der Waals surface area contributed by atoms with Crippen LogP contribution in [-0.2, 0) is 0 Å². The molecule has 0 atom stereocenters. The number of aromatic nitrogens is 1. The lowest BCUT2D eigenvalue weighted by Gasteiger charge is -2.29. The van der Waals surface area contributed by atoms with E-state index in [9.17, 15) is 0 Å². The molecule has 3 heteroatoms. The fraction of sp³-hybridized carbons (Fsp3) is 0. The fourth-order valence-corrected chi connectivity index (χ4v) is 7.79. The van der Waals surface area contributed by atoms with Crippen molar-refractivity contribution in [3.05, 3.63) is 200 Å². The van der Waals surface area contributed by atoms with Gasteiger partial charge in [-0.3, -0.25) is 0 Å². The van der Waals surface area contributed by atoms with Gasteiger partial charge >= 0.3 is 0 Å². The molecule has 10 rings (SSSR count). The Morgan fingerprint density at radius 2 is 0.686 bits per heavy atom. The maximum absolute atomic E-state index is 2.44. The molecule has 0 saturated heterocycles. The van der Waals surface area contributed by atoms with Crippen LogP contribution >= 0.6 is 0 Å². The number of benzene rings is 8. The molecule has 1 aromatic heterocycles. The molecule has 0 aliphatic carbocycles. The number of nitrogens with zero attached hydrogens (tertiary/aromatic N) is 3. The van der Waals surface area contributed by atoms with Crippen molar-refractivity contribution < 1.29 is 0 Å². The zero-order valence-corrected chi connectivity index (χ0v) is 27.9. The summed E-state index contributed by atoms with van der Waals surface area (Å²) in [6.45, 7) is 0. The van der Waals surface area contributed by atoms with E-state index < -0.39 is 0 Å². The van der Waals surface area contributed by atoms with E-state index in [1.54, 1.807) is 0 Å². The van der Waals surface area contributed by atoms with Crippen LogP contribution in [0.3, 0.4) is 0 Å². The van der Waals surface area contributed by atoms with Crippen molar-refractivity contribution in [2.45, 2.75) is 0 Å². The Morgan fingerprint density at radius 1 is 0.275 bits per heavy atom. The normalized spacial score (nSPS) is 12.2. The molecule has 0 spiro atoms. The van der Waals surface area contributed by atoms with Crippen molar-refractivity contribution in [1.82, 2.24) is 4.57 Å². The van der Waals surface area contributed by atoms with E-state index in [-0.39, 0.29) is 0 Å². The van der Waals surface area contributed by atoms with Crippen LogP contribution in [0.15, 0.2) is 200 Å². The zero-order valence-electron chi connectivity index (χ0n) is 27.9. The predicted molar refractivity (Wildman–Crippen MR) is 215 cm³/mol. The van der Waals surface area contributed by atoms with Crippen LogP contribution in [0, 0.1) is 0 Å². The topological polar surface area (TPSA) is 11.4 Å². The summed E-state index contributed by atoms with van der Waals surface area (Å²) >= 11 is 0. The summed E-state index contributed by atoms with van der Waals surface area (Å²) in [5.74, 6) is 0. The third kappa shape index (κ3) is 4.90. The standard InChI is InChI=1S/C48H33N3/c1-3-18-38(19-4-1)49-40-22-9-14-34(30-40)36-16-11-24-42(32-36)50(43-25-12-17-37(33-43)35-15-10-23-41(49)31-35)46-28-13-29-47-48(46)44-26-7-8-27-45(44)51(47)39-20-5-2-6-21-39/h1-33H. The van der Waals surface area contributed by atoms with Crippen molar-refractivity contribution in [3.8, 4) is 27.9 Å². The van der Waals surface area contributed by atoms with E-state index >= 15 is 0 Å². The number of rotatable bonds is 3. The number of fused-ring (bicyclic) bond motifs is 13. The van der Waals surface area contributed by atoms with Gasteiger partial charge in [0, 0.05) is 44.9 Å². The highest BCUT2D eigenvalue weighted by Crippen LogP contribution is 2.46. The highest BCUT2D eigenvalue weighted by atomic mass is 15.2. The summed E-state index contributed by atoms with van der Waals surface area (Å²) in [7, 11) is 0. The second-order valence-electron chi connectivity index (χ2n) is 13.1. The van der Waals surface area contributed by atoms with Crippen molar-refractivity contribution >= 4 is 55.9 Å². The van der Waals surface area contributed by atoms with E-state index in [0.717, 1.165) is 62.1 Å². The van der Waals surface area contributed by atoms with Crippen LogP contribution in [-0.4, -0.2) is 4.57 Å². The first-order valence-corrected chi connectivity index (χ1v) is 17.4. The van der Waals surface area contributed by atoms with Crippen LogP contribution < -0.4 is 9.80 Å². The first-order valence-electron chi connectivity index (χ1n) is 17.4. The van der Waals surface area contributed by atoms with Crippen molar-refractivity contribution in [3.63, 3.8) is 0 Å². The maximum atomic E-state index is 2.44. The zero-order chi connectivity index (χ0) is 33.7. The predicted octanol–water partition coefficient (Wildman–Crippen LogP) is 13.4. The Kier molecular flexibility index (Phi) is 6.81. The second-order valence-corrected chi connectivity index (χ2v) is 13.1. The van der Waals surface area contributed by atoms with Crippen LogP contribution in [0.5, 0.6) is 0 Å². The molecule has 0 radical (unpaired) electrons. The van der Waals surface area contributed by atoms with Gasteiger partial charge in [0.05, 0.1) is 16.7 Å². The summed E-state index contributed by atoms with van der Waals surface area (Å²) in [4.78, 5) is 4.79. The van der Waals surface area contributed by atoms with E-state index in [4.69, 9.17) is 0 Å². The van der Waals surface area contributed by atoms with Gasteiger partial charge in [-0.05, 0) is 113 Å². The minimum Gasteiger partial charge on any atom is -0.310 e. The highest BCUT2D eigenvalue weighted by Gasteiger charge is 2.22. The number of anilines is 6. The lowest BCUT2D eigenvalue weighted by molar-refractivity contribution is 1.18. The maximum Gasteiger partial charge on any atom is 0.0562 e. The van der Waals surface area contributed by atoms with Crippen molar-refractivity contribution in [1.29, 1.82) is 0 Å². The second kappa shape index (κ2) is 11.9. The molecule has 9 aromatic rings. The minimum atomic E-state index is 1.10. The molecule has 8 bridgehead atoms. The Labute approximate surface area is 297 Å². The molecule has 51 heavy (non-hydrogen) atoms. The molecule has 0 unspecified atom stereocenters. The molecule has 1 aliphatic rings. The van der Waals surface area contributed by atoms with Gasteiger partial charge in [-0.25, -0.2) is 0 Å². The Morgan fingerprint density at radius 3 is 1.24 bits per heavy atom. The van der Waals surface area contributed by atoms with Crippen molar-refractivity contribution in [2.75, 3.05) is 9.80 Å². The Hall–Kier alpha value is -6.84. The van der Waals surface area contributed by atoms with Gasteiger partial charge < -0.3 is 14.4 Å². The van der Waals surface area contributed by atoms with Gasteiger partial charge in [-0.2, -0.15) is 0 Å². The van der Waals surface area contributed by atoms with Gasteiger partial charge in [0.1, 0.15) is 0 Å². The lowest BCUT2D eigenvalue weighted by Crippen LogP contribution is -2.11. The van der Waals surface area contributed by atoms with Crippen LogP contribution in [0.25, 0.3) is 49.7 Å². The fourth-order valence-electron chi connectivity index (χ4n) is 7.79. The number of hydrogen-bond donors (Lipinski definition) is 0. The van der Waals surface area contributed by atoms with E-state index in [1.807, 2.05) is 0 Å². The number of hydrogen-bond acceptors (Lipinski definition) is 2. The molecule has 2 heterocycles. The van der Waals surface area contributed by atoms with E-state index in [2.05, 4.69) is 215 Å². The third-order valence-electron chi connectivity index (χ3n) is 10.0. The van der Waals surface area contributed by atoms with Crippen LogP contribution in [0.4, 0.5) is 34.1 Å². The van der Waals surface area contributed by atoms with Crippen molar-refractivity contribution in [2.24, 2.45) is 0 Å².